The molecule has 0 spiro atoms. The molecule has 0 atom stereocenters. The fourth-order valence-corrected chi connectivity index (χ4v) is 2.98. The van der Waals surface area contributed by atoms with E-state index in [2.05, 4.69) is 4.74 Å². The summed E-state index contributed by atoms with van der Waals surface area (Å²) in [5.74, 6) is -2.75. The predicted molar refractivity (Wildman–Crippen MR) is 73.5 cm³/mol. The number of hydrogen-bond donors (Lipinski definition) is 1. The third-order valence-corrected chi connectivity index (χ3v) is 4.28. The van der Waals surface area contributed by atoms with Gasteiger partial charge < -0.3 is 4.74 Å². The minimum atomic E-state index is -4.51. The normalized spacial score (nSPS) is 11.7. The van der Waals surface area contributed by atoms with E-state index in [1.807, 2.05) is 4.72 Å². The summed E-state index contributed by atoms with van der Waals surface area (Å²) >= 11 is 0. The first kappa shape index (κ1) is 17.2. The lowest BCUT2D eigenvalue weighted by Gasteiger charge is -2.12. The molecule has 1 N–H and O–H groups in total. The maximum Gasteiger partial charge on any atom is 0.387 e. The van der Waals surface area contributed by atoms with Crippen LogP contribution < -0.4 is 9.46 Å². The Morgan fingerprint density at radius 2 is 1.61 bits per heavy atom. The molecule has 2 aromatic rings. The van der Waals surface area contributed by atoms with Crippen LogP contribution >= 0.6 is 0 Å². The maximum atomic E-state index is 13.5. The number of halogens is 4. The summed E-state index contributed by atoms with van der Waals surface area (Å²) in [5.41, 5.74) is 0.0909. The number of ether oxygens (including phenoxy) is 1. The summed E-state index contributed by atoms with van der Waals surface area (Å²) in [7, 11) is -4.51. The molecule has 124 valence electrons. The van der Waals surface area contributed by atoms with Crippen molar-refractivity contribution >= 4 is 10.0 Å². The maximum absolute atomic E-state index is 13.5. The van der Waals surface area contributed by atoms with Crippen LogP contribution in [0.15, 0.2) is 47.4 Å². The van der Waals surface area contributed by atoms with Gasteiger partial charge in [-0.1, -0.05) is 24.3 Å². The zero-order valence-electron chi connectivity index (χ0n) is 11.5. The molecular formula is C14H11F4NO3S. The van der Waals surface area contributed by atoms with Crippen LogP contribution in [-0.2, 0) is 16.6 Å². The van der Waals surface area contributed by atoms with Gasteiger partial charge in [-0.05, 0) is 18.2 Å². The zero-order chi connectivity index (χ0) is 17.0. The molecule has 23 heavy (non-hydrogen) atoms. The van der Waals surface area contributed by atoms with Crippen LogP contribution in [0.1, 0.15) is 5.56 Å². The second kappa shape index (κ2) is 6.97. The number of benzene rings is 2. The molecular weight excluding hydrogens is 338 g/mol. The van der Waals surface area contributed by atoms with E-state index in [0.29, 0.717) is 0 Å². The van der Waals surface area contributed by atoms with Crippen molar-refractivity contribution in [2.45, 2.75) is 18.1 Å². The van der Waals surface area contributed by atoms with Gasteiger partial charge in [0.05, 0.1) is 0 Å². The number of sulfonamides is 1. The molecule has 0 unspecified atom stereocenters. The van der Waals surface area contributed by atoms with Gasteiger partial charge in [-0.2, -0.15) is 8.78 Å². The van der Waals surface area contributed by atoms with E-state index >= 15 is 0 Å². The molecule has 0 saturated carbocycles. The van der Waals surface area contributed by atoms with E-state index in [0.717, 1.165) is 18.2 Å². The van der Waals surface area contributed by atoms with E-state index in [-0.39, 0.29) is 11.3 Å². The summed E-state index contributed by atoms with van der Waals surface area (Å²) in [6.45, 7) is -3.56. The van der Waals surface area contributed by atoms with Gasteiger partial charge in [-0.25, -0.2) is 21.9 Å². The molecule has 0 aromatic heterocycles. The van der Waals surface area contributed by atoms with Crippen LogP contribution in [0.3, 0.4) is 0 Å². The Balaban J connectivity index is 2.24. The highest BCUT2D eigenvalue weighted by molar-refractivity contribution is 7.89. The van der Waals surface area contributed by atoms with Crippen LogP contribution in [0.4, 0.5) is 17.6 Å². The van der Waals surface area contributed by atoms with Crippen molar-refractivity contribution < 1.29 is 30.7 Å². The summed E-state index contributed by atoms with van der Waals surface area (Å²) in [4.78, 5) is -1.13. The lowest BCUT2D eigenvalue weighted by Crippen LogP contribution is -2.25. The lowest BCUT2D eigenvalue weighted by atomic mass is 10.2. The van der Waals surface area contributed by atoms with Crippen LogP contribution in [-0.4, -0.2) is 15.0 Å². The van der Waals surface area contributed by atoms with Crippen molar-refractivity contribution in [3.8, 4) is 5.75 Å². The van der Waals surface area contributed by atoms with Crippen molar-refractivity contribution in [2.24, 2.45) is 0 Å². The van der Waals surface area contributed by atoms with Crippen molar-refractivity contribution in [3.63, 3.8) is 0 Å². The lowest BCUT2D eigenvalue weighted by molar-refractivity contribution is -0.0504. The topological polar surface area (TPSA) is 55.4 Å². The number of nitrogens with one attached hydrogen (secondary N) is 1. The molecule has 2 rings (SSSR count). The summed E-state index contributed by atoms with van der Waals surface area (Å²) < 4.78 is 81.9. The molecule has 0 aliphatic carbocycles. The van der Waals surface area contributed by atoms with Gasteiger partial charge in [-0.3, -0.25) is 0 Å². The van der Waals surface area contributed by atoms with Crippen LogP contribution in [0.2, 0.25) is 0 Å². The first-order chi connectivity index (χ1) is 10.8. The molecule has 2 aromatic carbocycles. The molecule has 0 amide bonds. The second-order valence-electron chi connectivity index (χ2n) is 4.36. The van der Waals surface area contributed by atoms with Crippen molar-refractivity contribution in [2.75, 3.05) is 0 Å². The third-order valence-electron chi connectivity index (χ3n) is 2.83. The molecule has 9 heteroatoms. The Morgan fingerprint density at radius 3 is 2.22 bits per heavy atom. The van der Waals surface area contributed by atoms with Gasteiger partial charge >= 0.3 is 6.61 Å². The average Bonchev–Trinajstić information content (AvgIpc) is 2.45. The summed E-state index contributed by atoms with van der Waals surface area (Å²) in [5, 5.41) is 0. The van der Waals surface area contributed by atoms with Gasteiger partial charge in [0.2, 0.25) is 10.0 Å². The van der Waals surface area contributed by atoms with Gasteiger partial charge in [-0.15, -0.1) is 0 Å². The van der Waals surface area contributed by atoms with Crippen LogP contribution in [0, 0.1) is 11.6 Å². The first-order valence-electron chi connectivity index (χ1n) is 6.27. The van der Waals surface area contributed by atoms with E-state index in [1.165, 1.54) is 24.3 Å². The van der Waals surface area contributed by atoms with Crippen molar-refractivity contribution in [3.05, 3.63) is 59.7 Å². The van der Waals surface area contributed by atoms with E-state index in [1.54, 1.807) is 0 Å². The Morgan fingerprint density at radius 1 is 1.00 bits per heavy atom. The minimum Gasteiger partial charge on any atom is -0.434 e. The van der Waals surface area contributed by atoms with Crippen LogP contribution in [0.25, 0.3) is 0 Å². The molecule has 0 radical (unpaired) electrons. The van der Waals surface area contributed by atoms with Gasteiger partial charge in [0.25, 0.3) is 0 Å². The summed E-state index contributed by atoms with van der Waals surface area (Å²) in [6, 6.07) is 8.09. The standard InChI is InChI=1S/C14H11F4NO3S/c15-10-5-3-6-11(16)13(10)23(20,21)19-8-9-4-1-2-7-12(9)22-14(17)18/h1-7,14,19H,8H2. The number of hydrogen-bond acceptors (Lipinski definition) is 3. The van der Waals surface area contributed by atoms with Gasteiger partial charge in [0, 0.05) is 12.1 Å². The molecule has 0 heterocycles. The van der Waals surface area contributed by atoms with E-state index in [9.17, 15) is 26.0 Å². The molecule has 0 bridgehead atoms. The quantitative estimate of drug-likeness (QED) is 0.816. The molecule has 4 nitrogen and oxygen atoms in total. The number of para-hydroxylation sites is 1. The Bertz CT molecular complexity index is 776. The summed E-state index contributed by atoms with van der Waals surface area (Å²) in [6.07, 6.45) is 0. The number of rotatable bonds is 6. The molecule has 0 aliphatic rings. The second-order valence-corrected chi connectivity index (χ2v) is 6.07. The highest BCUT2D eigenvalue weighted by Gasteiger charge is 2.24. The highest BCUT2D eigenvalue weighted by Crippen LogP contribution is 2.22. The molecule has 0 saturated heterocycles. The first-order valence-corrected chi connectivity index (χ1v) is 7.76. The average molecular weight is 349 g/mol. The Kier molecular flexibility index (Phi) is 5.22. The van der Waals surface area contributed by atoms with Crippen LogP contribution in [0.5, 0.6) is 5.75 Å². The predicted octanol–water partition coefficient (Wildman–Crippen LogP) is 3.04. The third kappa shape index (κ3) is 4.20. The highest BCUT2D eigenvalue weighted by atomic mass is 32.2. The van der Waals surface area contributed by atoms with Crippen molar-refractivity contribution in [1.82, 2.24) is 4.72 Å². The Hall–Kier alpha value is -2.13. The van der Waals surface area contributed by atoms with Crippen molar-refractivity contribution in [1.29, 1.82) is 0 Å². The number of alkyl halides is 2. The minimum absolute atomic E-state index is 0.0909. The van der Waals surface area contributed by atoms with Gasteiger partial charge in [0.15, 0.2) is 4.90 Å². The monoisotopic (exact) mass is 349 g/mol. The van der Waals surface area contributed by atoms with Gasteiger partial charge in [0.1, 0.15) is 17.4 Å². The Labute approximate surface area is 129 Å². The SMILES string of the molecule is O=S(=O)(NCc1ccccc1OC(F)F)c1c(F)cccc1F. The zero-order valence-corrected chi connectivity index (χ0v) is 12.3. The fourth-order valence-electron chi connectivity index (χ4n) is 1.85. The fraction of sp³-hybridized carbons (Fsp3) is 0.143. The molecule has 0 fully saturated rings. The molecule has 0 aliphatic heterocycles. The van der Waals surface area contributed by atoms with E-state index < -0.39 is 39.7 Å². The smallest absolute Gasteiger partial charge is 0.387 e. The van der Waals surface area contributed by atoms with E-state index in [4.69, 9.17) is 0 Å². The largest absolute Gasteiger partial charge is 0.434 e.